The van der Waals surface area contributed by atoms with Crippen LogP contribution in [0.4, 0.5) is 5.69 Å². The maximum atomic E-state index is 13.0. The second-order valence-electron chi connectivity index (χ2n) is 12.8. The molecule has 6 atom stereocenters. The van der Waals surface area contributed by atoms with E-state index in [-0.39, 0.29) is 47.9 Å². The van der Waals surface area contributed by atoms with Gasteiger partial charge in [0, 0.05) is 52.2 Å². The summed E-state index contributed by atoms with van der Waals surface area (Å²) in [6.45, 7) is 1.95. The number of piperidine rings is 1. The maximum Gasteiger partial charge on any atom is 0.255 e. The van der Waals surface area contributed by atoms with Crippen LogP contribution in [0.1, 0.15) is 81.0 Å². The summed E-state index contributed by atoms with van der Waals surface area (Å²) in [6.07, 6.45) is 1.65. The number of carbonyl (C=O) groups is 3. The number of ether oxygens (including phenoxy) is 2. The Balaban J connectivity index is 1.49. The SMILES string of the molecule is COc1cc(N)c(Cl)cc1C(=O)N[C@@H]1CCN(CCCCCC(=O)NCCCCCCCC(=O)NC[C@H](O)[C@@H](O)[C@H](O)[C@H](O)CO)C[C@@H]1OC. The molecule has 16 heteroatoms. The van der Waals surface area contributed by atoms with Crippen molar-refractivity contribution in [2.24, 2.45) is 0 Å². The third-order valence-electron chi connectivity index (χ3n) is 8.94. The fourth-order valence-electron chi connectivity index (χ4n) is 5.79. The molecule has 0 spiro atoms. The Bertz CT molecular complexity index is 1180. The Kier molecular flexibility index (Phi) is 20.5. The van der Waals surface area contributed by atoms with Crippen molar-refractivity contribution in [3.8, 4) is 5.75 Å². The number of likely N-dealkylation sites (tertiary alicyclic amines) is 1. The van der Waals surface area contributed by atoms with Gasteiger partial charge in [-0.05, 0) is 44.7 Å². The summed E-state index contributed by atoms with van der Waals surface area (Å²) in [5.74, 6) is -0.192. The standard InChI is InChI=1S/C34H58ClN5O10/c1-49-28-18-24(36)23(35)17-22(28)34(48)39-25-13-16-40(20-29(25)50-2)15-10-6-8-11-30(44)37-14-9-5-3-4-7-12-31(45)38-19-26(42)32(46)33(47)27(43)21-41/h17-18,25-27,29,32-33,41-43,46-47H,3-16,19-21,36H2,1-2H3,(H,37,44)(H,38,45)(H,39,48)/t25-,26+,27-,29+,32-,33-/m1/s1. The Labute approximate surface area is 299 Å². The summed E-state index contributed by atoms with van der Waals surface area (Å²) in [6, 6.07) is 2.89. The number of aliphatic hydroxyl groups excluding tert-OH is 5. The lowest BCUT2D eigenvalue weighted by molar-refractivity contribution is -0.126. The zero-order chi connectivity index (χ0) is 37.1. The van der Waals surface area contributed by atoms with Gasteiger partial charge in [0.15, 0.2) is 0 Å². The summed E-state index contributed by atoms with van der Waals surface area (Å²) in [5, 5.41) is 56.2. The van der Waals surface area contributed by atoms with Gasteiger partial charge >= 0.3 is 0 Å². The molecule has 0 radical (unpaired) electrons. The number of methoxy groups -OCH3 is 2. The van der Waals surface area contributed by atoms with Crippen molar-refractivity contribution in [2.45, 2.75) is 107 Å². The van der Waals surface area contributed by atoms with Gasteiger partial charge in [-0.3, -0.25) is 14.4 Å². The van der Waals surface area contributed by atoms with Crippen molar-refractivity contribution in [1.82, 2.24) is 20.9 Å². The van der Waals surface area contributed by atoms with Crippen molar-refractivity contribution in [2.75, 3.05) is 59.3 Å². The molecule has 0 bridgehead atoms. The highest BCUT2D eigenvalue weighted by Gasteiger charge is 2.32. The first kappa shape index (κ1) is 43.4. The average Bonchev–Trinajstić information content (AvgIpc) is 3.11. The van der Waals surface area contributed by atoms with Crippen molar-refractivity contribution in [3.63, 3.8) is 0 Å². The highest BCUT2D eigenvalue weighted by atomic mass is 35.5. The topological polar surface area (TPSA) is 236 Å². The first-order chi connectivity index (χ1) is 23.9. The van der Waals surface area contributed by atoms with E-state index in [1.54, 1.807) is 7.11 Å². The number of unbranched alkanes of at least 4 members (excludes halogenated alkanes) is 6. The Morgan fingerprint density at radius 2 is 1.54 bits per heavy atom. The molecule has 0 aliphatic carbocycles. The van der Waals surface area contributed by atoms with Crippen LogP contribution < -0.4 is 26.4 Å². The highest BCUT2D eigenvalue weighted by molar-refractivity contribution is 6.33. The number of anilines is 1. The minimum atomic E-state index is -1.73. The van der Waals surface area contributed by atoms with Gasteiger partial charge in [0.1, 0.15) is 24.1 Å². The highest BCUT2D eigenvalue weighted by Crippen LogP contribution is 2.29. The largest absolute Gasteiger partial charge is 0.496 e. The van der Waals surface area contributed by atoms with E-state index in [0.29, 0.717) is 42.9 Å². The predicted octanol–water partition coefficient (Wildman–Crippen LogP) is 0.319. The van der Waals surface area contributed by atoms with E-state index in [0.717, 1.165) is 64.5 Å². The van der Waals surface area contributed by atoms with Crippen LogP contribution in [0, 0.1) is 0 Å². The van der Waals surface area contributed by atoms with Crippen LogP contribution in [0.2, 0.25) is 5.02 Å². The number of rotatable bonds is 24. The van der Waals surface area contributed by atoms with Crippen molar-refractivity contribution >= 4 is 35.0 Å². The monoisotopic (exact) mass is 731 g/mol. The van der Waals surface area contributed by atoms with E-state index in [2.05, 4.69) is 20.9 Å². The van der Waals surface area contributed by atoms with Gasteiger partial charge < -0.3 is 61.6 Å². The third-order valence-corrected chi connectivity index (χ3v) is 9.27. The summed E-state index contributed by atoms with van der Waals surface area (Å²) in [7, 11) is 3.12. The van der Waals surface area contributed by atoms with Gasteiger partial charge in [0.05, 0.1) is 48.2 Å². The molecule has 1 aliphatic rings. The van der Waals surface area contributed by atoms with E-state index in [1.165, 1.54) is 19.2 Å². The molecule has 286 valence electrons. The first-order valence-electron chi connectivity index (χ1n) is 17.5. The molecule has 0 saturated carbocycles. The van der Waals surface area contributed by atoms with E-state index in [1.807, 2.05) is 0 Å². The van der Waals surface area contributed by atoms with E-state index in [9.17, 15) is 34.8 Å². The van der Waals surface area contributed by atoms with Crippen LogP contribution in [-0.2, 0) is 14.3 Å². The molecule has 1 aromatic carbocycles. The van der Waals surface area contributed by atoms with Gasteiger partial charge in [-0.15, -0.1) is 0 Å². The van der Waals surface area contributed by atoms with Crippen molar-refractivity contribution < 1.29 is 49.4 Å². The van der Waals surface area contributed by atoms with Crippen LogP contribution >= 0.6 is 11.6 Å². The van der Waals surface area contributed by atoms with Crippen LogP contribution in [0.15, 0.2) is 12.1 Å². The molecular weight excluding hydrogens is 674 g/mol. The Morgan fingerprint density at radius 1 is 0.920 bits per heavy atom. The molecular formula is C34H58ClN5O10. The number of benzene rings is 1. The Morgan fingerprint density at radius 3 is 2.20 bits per heavy atom. The molecule has 15 nitrogen and oxygen atoms in total. The molecule has 1 heterocycles. The number of nitrogens with two attached hydrogens (primary N) is 1. The van der Waals surface area contributed by atoms with Crippen LogP contribution in [0.3, 0.4) is 0 Å². The molecule has 0 unspecified atom stereocenters. The molecule has 2 rings (SSSR count). The summed E-state index contributed by atoms with van der Waals surface area (Å²) in [4.78, 5) is 39.5. The Hall–Kier alpha value is -2.76. The summed E-state index contributed by atoms with van der Waals surface area (Å²) < 4.78 is 11.0. The van der Waals surface area contributed by atoms with Gasteiger partial charge in [-0.25, -0.2) is 0 Å². The van der Waals surface area contributed by atoms with Crippen LogP contribution in [-0.4, -0.2) is 138 Å². The number of hydrogen-bond donors (Lipinski definition) is 9. The summed E-state index contributed by atoms with van der Waals surface area (Å²) >= 11 is 6.13. The number of nitrogens with one attached hydrogen (secondary N) is 3. The first-order valence-corrected chi connectivity index (χ1v) is 17.8. The molecule has 1 saturated heterocycles. The van der Waals surface area contributed by atoms with Crippen molar-refractivity contribution in [1.29, 1.82) is 0 Å². The minimum absolute atomic E-state index is 0.0439. The number of halogens is 1. The molecule has 1 fully saturated rings. The van der Waals surface area contributed by atoms with Crippen LogP contribution in [0.25, 0.3) is 0 Å². The lowest BCUT2D eigenvalue weighted by Crippen LogP contribution is -2.54. The maximum absolute atomic E-state index is 13.0. The molecule has 0 aromatic heterocycles. The minimum Gasteiger partial charge on any atom is -0.496 e. The fourth-order valence-corrected chi connectivity index (χ4v) is 5.96. The third kappa shape index (κ3) is 15.2. The fraction of sp³-hybridized carbons (Fsp3) is 0.735. The zero-order valence-corrected chi connectivity index (χ0v) is 30.1. The number of amides is 3. The number of hydrogen-bond acceptors (Lipinski definition) is 12. The second-order valence-corrected chi connectivity index (χ2v) is 13.2. The average molecular weight is 732 g/mol. The van der Waals surface area contributed by atoms with E-state index < -0.39 is 31.0 Å². The lowest BCUT2D eigenvalue weighted by atomic mass is 10.00. The quantitative estimate of drug-likeness (QED) is 0.0517. The molecule has 1 aromatic rings. The number of carbonyl (C=O) groups excluding carboxylic acids is 3. The van der Waals surface area contributed by atoms with Crippen LogP contribution in [0.5, 0.6) is 5.75 Å². The van der Waals surface area contributed by atoms with E-state index in [4.69, 9.17) is 31.9 Å². The molecule has 1 aliphatic heterocycles. The van der Waals surface area contributed by atoms with Gasteiger partial charge in [-0.1, -0.05) is 37.3 Å². The second kappa shape index (κ2) is 23.7. The van der Waals surface area contributed by atoms with E-state index >= 15 is 0 Å². The molecule has 3 amide bonds. The molecule has 10 N–H and O–H groups in total. The zero-order valence-electron chi connectivity index (χ0n) is 29.3. The normalized spacial score (nSPS) is 18.9. The smallest absolute Gasteiger partial charge is 0.255 e. The van der Waals surface area contributed by atoms with Gasteiger partial charge in [-0.2, -0.15) is 0 Å². The number of nitrogen functional groups attached to an aromatic ring is 1. The predicted molar refractivity (Wildman–Crippen MR) is 189 cm³/mol. The summed E-state index contributed by atoms with van der Waals surface area (Å²) in [5.41, 5.74) is 6.50. The van der Waals surface area contributed by atoms with Gasteiger partial charge in [0.25, 0.3) is 5.91 Å². The molecule has 50 heavy (non-hydrogen) atoms. The van der Waals surface area contributed by atoms with Gasteiger partial charge in [0.2, 0.25) is 11.8 Å². The van der Waals surface area contributed by atoms with Crippen molar-refractivity contribution in [3.05, 3.63) is 22.7 Å². The lowest BCUT2D eigenvalue weighted by Gasteiger charge is -2.38. The number of aliphatic hydroxyl groups is 5. The number of nitrogens with zero attached hydrogens (tertiary/aromatic N) is 1.